The van der Waals surface area contributed by atoms with Gasteiger partial charge in [0.15, 0.2) is 16.9 Å². The Hall–Kier alpha value is -3.39. The first-order valence-corrected chi connectivity index (χ1v) is 11.5. The van der Waals surface area contributed by atoms with Gasteiger partial charge in [-0.25, -0.2) is 4.39 Å². The lowest BCUT2D eigenvalue weighted by Gasteiger charge is -2.28. The Morgan fingerprint density at radius 2 is 1.82 bits per heavy atom. The standard InChI is InChI=1S/C26H29FN2O5/c1-5-28(6-2)12-13-29-23(16-8-10-20(33-7-3)21(14-16)32-4)22-24(30)18-15-17(27)9-11-19(18)34-25(22)26(29)31/h8-11,14-15,23H,5-7,12-13H2,1-4H3. The van der Waals surface area contributed by atoms with Crippen LogP contribution >= 0.6 is 0 Å². The van der Waals surface area contributed by atoms with Crippen molar-refractivity contribution in [2.45, 2.75) is 26.8 Å². The molecule has 1 aliphatic rings. The Morgan fingerprint density at radius 3 is 2.50 bits per heavy atom. The van der Waals surface area contributed by atoms with Gasteiger partial charge >= 0.3 is 0 Å². The summed E-state index contributed by atoms with van der Waals surface area (Å²) in [5.41, 5.74) is 0.684. The fourth-order valence-electron chi connectivity index (χ4n) is 4.49. The molecule has 34 heavy (non-hydrogen) atoms. The van der Waals surface area contributed by atoms with Gasteiger partial charge in [0.2, 0.25) is 5.76 Å². The van der Waals surface area contributed by atoms with E-state index in [-0.39, 0.29) is 28.2 Å². The number of carbonyl (C=O) groups is 1. The predicted molar refractivity (Wildman–Crippen MR) is 127 cm³/mol. The van der Waals surface area contributed by atoms with E-state index in [0.29, 0.717) is 36.8 Å². The zero-order chi connectivity index (χ0) is 24.4. The molecule has 8 heteroatoms. The van der Waals surface area contributed by atoms with Crippen molar-refractivity contribution in [2.75, 3.05) is 39.9 Å². The number of benzene rings is 2. The van der Waals surface area contributed by atoms with E-state index in [4.69, 9.17) is 13.9 Å². The van der Waals surface area contributed by atoms with Crippen LogP contribution in [0.25, 0.3) is 11.0 Å². The molecule has 1 unspecified atom stereocenters. The largest absolute Gasteiger partial charge is 0.493 e. The minimum atomic E-state index is -0.688. The number of rotatable bonds is 9. The first-order valence-electron chi connectivity index (χ1n) is 11.5. The molecule has 0 bridgehead atoms. The van der Waals surface area contributed by atoms with E-state index < -0.39 is 17.3 Å². The highest BCUT2D eigenvalue weighted by Gasteiger charge is 2.43. The number of hydrogen-bond donors (Lipinski definition) is 0. The summed E-state index contributed by atoms with van der Waals surface area (Å²) in [6, 6.07) is 8.42. The molecule has 3 aromatic rings. The lowest BCUT2D eigenvalue weighted by Crippen LogP contribution is -2.37. The predicted octanol–water partition coefficient (Wildman–Crippen LogP) is 4.23. The van der Waals surface area contributed by atoms with Crippen LogP contribution in [0.4, 0.5) is 4.39 Å². The fraction of sp³-hybridized carbons (Fsp3) is 0.385. The van der Waals surface area contributed by atoms with Gasteiger partial charge in [0.1, 0.15) is 11.4 Å². The van der Waals surface area contributed by atoms with Crippen molar-refractivity contribution < 1.29 is 23.1 Å². The highest BCUT2D eigenvalue weighted by Crippen LogP contribution is 2.40. The molecule has 1 aromatic heterocycles. The summed E-state index contributed by atoms with van der Waals surface area (Å²) in [5.74, 6) is 0.173. The second-order valence-electron chi connectivity index (χ2n) is 8.09. The Balaban J connectivity index is 1.89. The molecular weight excluding hydrogens is 439 g/mol. The number of nitrogens with zero attached hydrogens (tertiary/aromatic N) is 2. The van der Waals surface area contributed by atoms with E-state index in [1.165, 1.54) is 19.2 Å². The quantitative estimate of drug-likeness (QED) is 0.468. The Bertz CT molecular complexity index is 1270. The minimum absolute atomic E-state index is 0.00140. The molecular formula is C26H29FN2O5. The van der Waals surface area contributed by atoms with Gasteiger partial charge in [-0.15, -0.1) is 0 Å². The molecule has 0 aliphatic carbocycles. The average Bonchev–Trinajstić information content (AvgIpc) is 3.12. The lowest BCUT2D eigenvalue weighted by molar-refractivity contribution is 0.0708. The Kier molecular flexibility index (Phi) is 6.88. The summed E-state index contributed by atoms with van der Waals surface area (Å²) in [6.07, 6.45) is 0. The molecule has 2 aromatic carbocycles. The van der Waals surface area contributed by atoms with Gasteiger partial charge in [-0.2, -0.15) is 0 Å². The number of ether oxygens (including phenoxy) is 2. The summed E-state index contributed by atoms with van der Waals surface area (Å²) in [7, 11) is 1.54. The van der Waals surface area contributed by atoms with Crippen LogP contribution in [0.5, 0.6) is 11.5 Å². The van der Waals surface area contributed by atoms with Crippen LogP contribution in [-0.4, -0.2) is 55.6 Å². The summed E-state index contributed by atoms with van der Waals surface area (Å²) in [4.78, 5) is 30.9. The number of likely N-dealkylation sites (N-methyl/N-ethyl adjacent to an activating group) is 1. The van der Waals surface area contributed by atoms with Crippen molar-refractivity contribution in [2.24, 2.45) is 0 Å². The number of amides is 1. The molecule has 1 amide bonds. The van der Waals surface area contributed by atoms with Gasteiger partial charge in [0.05, 0.1) is 30.7 Å². The fourth-order valence-corrected chi connectivity index (χ4v) is 4.49. The Morgan fingerprint density at radius 1 is 1.06 bits per heavy atom. The van der Waals surface area contributed by atoms with Gasteiger partial charge in [-0.05, 0) is 55.9 Å². The van der Waals surface area contributed by atoms with Crippen molar-refractivity contribution >= 4 is 16.9 Å². The van der Waals surface area contributed by atoms with Crippen LogP contribution < -0.4 is 14.9 Å². The van der Waals surface area contributed by atoms with Crippen molar-refractivity contribution in [3.63, 3.8) is 0 Å². The first-order chi connectivity index (χ1) is 16.4. The normalized spacial score (nSPS) is 15.3. The maximum absolute atomic E-state index is 14.0. The summed E-state index contributed by atoms with van der Waals surface area (Å²) < 4.78 is 31.0. The molecule has 4 rings (SSSR count). The van der Waals surface area contributed by atoms with Crippen molar-refractivity contribution in [3.8, 4) is 11.5 Å². The van der Waals surface area contributed by atoms with Gasteiger partial charge in [0.25, 0.3) is 5.91 Å². The third kappa shape index (κ3) is 4.14. The minimum Gasteiger partial charge on any atom is -0.493 e. The van der Waals surface area contributed by atoms with Crippen LogP contribution in [0.15, 0.2) is 45.6 Å². The van der Waals surface area contributed by atoms with E-state index in [0.717, 1.165) is 19.2 Å². The number of fused-ring (bicyclic) bond motifs is 2. The van der Waals surface area contributed by atoms with Crippen LogP contribution in [0.1, 0.15) is 48.5 Å². The molecule has 0 N–H and O–H groups in total. The number of halogens is 1. The molecule has 0 radical (unpaired) electrons. The number of methoxy groups -OCH3 is 1. The second-order valence-corrected chi connectivity index (χ2v) is 8.09. The van der Waals surface area contributed by atoms with E-state index in [1.807, 2.05) is 13.0 Å². The molecule has 7 nitrogen and oxygen atoms in total. The van der Waals surface area contributed by atoms with Gasteiger partial charge in [-0.1, -0.05) is 19.9 Å². The maximum Gasteiger partial charge on any atom is 0.290 e. The van der Waals surface area contributed by atoms with Crippen molar-refractivity contribution in [1.29, 1.82) is 0 Å². The second kappa shape index (κ2) is 9.85. The Labute approximate surface area is 197 Å². The SMILES string of the molecule is CCOc1ccc(C2c3c(oc4ccc(F)cc4c3=O)C(=O)N2CCN(CC)CC)cc1OC. The van der Waals surface area contributed by atoms with E-state index >= 15 is 0 Å². The highest BCUT2D eigenvalue weighted by atomic mass is 19.1. The monoisotopic (exact) mass is 468 g/mol. The summed E-state index contributed by atoms with van der Waals surface area (Å²) >= 11 is 0. The van der Waals surface area contributed by atoms with Crippen LogP contribution in [0.2, 0.25) is 0 Å². The van der Waals surface area contributed by atoms with E-state index in [1.54, 1.807) is 17.0 Å². The van der Waals surface area contributed by atoms with E-state index in [9.17, 15) is 14.0 Å². The molecule has 1 atom stereocenters. The van der Waals surface area contributed by atoms with Gasteiger partial charge in [0, 0.05) is 13.1 Å². The molecule has 0 fully saturated rings. The van der Waals surface area contributed by atoms with Crippen LogP contribution in [0.3, 0.4) is 0 Å². The van der Waals surface area contributed by atoms with Crippen LogP contribution in [0, 0.1) is 5.82 Å². The molecule has 0 spiro atoms. The van der Waals surface area contributed by atoms with E-state index in [2.05, 4.69) is 18.7 Å². The third-order valence-corrected chi connectivity index (χ3v) is 6.28. The summed E-state index contributed by atoms with van der Waals surface area (Å²) in [5, 5.41) is 0.111. The average molecular weight is 469 g/mol. The van der Waals surface area contributed by atoms with Gasteiger partial charge < -0.3 is 23.7 Å². The number of carbonyl (C=O) groups excluding carboxylic acids is 1. The molecule has 180 valence electrons. The van der Waals surface area contributed by atoms with Crippen molar-refractivity contribution in [1.82, 2.24) is 9.80 Å². The topological polar surface area (TPSA) is 72.2 Å². The van der Waals surface area contributed by atoms with Gasteiger partial charge in [-0.3, -0.25) is 9.59 Å². The third-order valence-electron chi connectivity index (χ3n) is 6.28. The lowest BCUT2D eigenvalue weighted by atomic mass is 9.98. The number of hydrogen-bond acceptors (Lipinski definition) is 6. The maximum atomic E-state index is 14.0. The molecule has 2 heterocycles. The first kappa shape index (κ1) is 23.8. The molecule has 0 saturated carbocycles. The zero-order valence-electron chi connectivity index (χ0n) is 19.9. The molecule has 1 aliphatic heterocycles. The van der Waals surface area contributed by atoms with Crippen molar-refractivity contribution in [3.05, 3.63) is 69.3 Å². The molecule has 0 saturated heterocycles. The van der Waals surface area contributed by atoms with Crippen LogP contribution in [-0.2, 0) is 0 Å². The highest BCUT2D eigenvalue weighted by molar-refractivity contribution is 5.99. The summed E-state index contributed by atoms with van der Waals surface area (Å²) in [6.45, 7) is 9.19. The smallest absolute Gasteiger partial charge is 0.290 e. The zero-order valence-corrected chi connectivity index (χ0v) is 19.9.